The smallest absolute Gasteiger partial charge is 0.134 e. The second-order valence-corrected chi connectivity index (χ2v) is 4.31. The van der Waals surface area contributed by atoms with Crippen LogP contribution in [-0.2, 0) is 11.3 Å². The van der Waals surface area contributed by atoms with E-state index in [0.29, 0.717) is 6.04 Å². The summed E-state index contributed by atoms with van der Waals surface area (Å²) in [4.78, 5) is 0. The number of benzene rings is 1. The summed E-state index contributed by atoms with van der Waals surface area (Å²) >= 11 is 0. The Morgan fingerprint density at radius 3 is 2.94 bits per heavy atom. The molecule has 2 rings (SSSR count). The SMILES string of the molecule is COCCC(C)NCc1cc2ccccc2o1. The molecular weight excluding hydrogens is 214 g/mol. The highest BCUT2D eigenvalue weighted by atomic mass is 16.5. The molecule has 3 nitrogen and oxygen atoms in total. The van der Waals surface area contributed by atoms with Crippen molar-refractivity contribution in [3.63, 3.8) is 0 Å². The summed E-state index contributed by atoms with van der Waals surface area (Å²) < 4.78 is 10.8. The lowest BCUT2D eigenvalue weighted by molar-refractivity contribution is 0.184. The van der Waals surface area contributed by atoms with E-state index in [1.807, 2.05) is 18.2 Å². The van der Waals surface area contributed by atoms with Crippen LogP contribution in [0.2, 0.25) is 0 Å². The minimum Gasteiger partial charge on any atom is -0.460 e. The number of fused-ring (bicyclic) bond motifs is 1. The largest absolute Gasteiger partial charge is 0.460 e. The first kappa shape index (κ1) is 12.1. The Balaban J connectivity index is 1.90. The third-order valence-electron chi connectivity index (χ3n) is 2.86. The van der Waals surface area contributed by atoms with E-state index in [-0.39, 0.29) is 0 Å². The summed E-state index contributed by atoms with van der Waals surface area (Å²) in [5, 5.41) is 4.58. The maximum absolute atomic E-state index is 5.73. The standard InChI is InChI=1S/C14H19NO2/c1-11(7-8-16-2)15-10-13-9-12-5-3-4-6-14(12)17-13/h3-6,9,11,15H,7-8,10H2,1-2H3. The molecule has 1 N–H and O–H groups in total. The lowest BCUT2D eigenvalue weighted by Crippen LogP contribution is -2.26. The van der Waals surface area contributed by atoms with Crippen LogP contribution in [0.25, 0.3) is 11.0 Å². The molecule has 0 amide bonds. The molecule has 0 fully saturated rings. The van der Waals surface area contributed by atoms with Crippen LogP contribution in [0.1, 0.15) is 19.1 Å². The van der Waals surface area contributed by atoms with Crippen LogP contribution in [0.15, 0.2) is 34.7 Å². The summed E-state index contributed by atoms with van der Waals surface area (Å²) in [6.45, 7) is 3.70. The van der Waals surface area contributed by atoms with Crippen LogP contribution in [0.4, 0.5) is 0 Å². The lowest BCUT2D eigenvalue weighted by atomic mass is 10.2. The van der Waals surface area contributed by atoms with Crippen molar-refractivity contribution in [2.24, 2.45) is 0 Å². The normalized spacial score (nSPS) is 13.1. The average molecular weight is 233 g/mol. The fourth-order valence-electron chi connectivity index (χ4n) is 1.80. The van der Waals surface area contributed by atoms with Gasteiger partial charge in [0.25, 0.3) is 0 Å². The van der Waals surface area contributed by atoms with Gasteiger partial charge in [0.05, 0.1) is 6.54 Å². The molecule has 0 bridgehead atoms. The Morgan fingerprint density at radius 1 is 1.35 bits per heavy atom. The van der Waals surface area contributed by atoms with E-state index in [2.05, 4.69) is 24.4 Å². The average Bonchev–Trinajstić information content (AvgIpc) is 2.76. The van der Waals surface area contributed by atoms with Crippen LogP contribution in [-0.4, -0.2) is 19.8 Å². The van der Waals surface area contributed by atoms with Crippen molar-refractivity contribution in [2.45, 2.75) is 25.9 Å². The van der Waals surface area contributed by atoms with Crippen LogP contribution < -0.4 is 5.32 Å². The number of rotatable bonds is 6. The highest BCUT2D eigenvalue weighted by Gasteiger charge is 2.05. The molecule has 2 aromatic rings. The highest BCUT2D eigenvalue weighted by molar-refractivity contribution is 5.77. The van der Waals surface area contributed by atoms with E-state index in [4.69, 9.17) is 9.15 Å². The second kappa shape index (κ2) is 5.84. The molecule has 0 saturated heterocycles. The molecule has 1 aromatic heterocycles. The minimum atomic E-state index is 0.433. The van der Waals surface area contributed by atoms with Gasteiger partial charge in [0.2, 0.25) is 0 Å². The van der Waals surface area contributed by atoms with Crippen LogP contribution in [0.5, 0.6) is 0 Å². The number of nitrogens with one attached hydrogen (secondary N) is 1. The molecular formula is C14H19NO2. The number of methoxy groups -OCH3 is 1. The van der Waals surface area contributed by atoms with Gasteiger partial charge in [-0.25, -0.2) is 0 Å². The van der Waals surface area contributed by atoms with Gasteiger partial charge >= 0.3 is 0 Å². The van der Waals surface area contributed by atoms with E-state index >= 15 is 0 Å². The van der Waals surface area contributed by atoms with Crippen LogP contribution in [0.3, 0.4) is 0 Å². The molecule has 17 heavy (non-hydrogen) atoms. The molecule has 3 heteroatoms. The van der Waals surface area contributed by atoms with Crippen molar-refractivity contribution in [3.05, 3.63) is 36.1 Å². The zero-order valence-electron chi connectivity index (χ0n) is 10.4. The zero-order valence-corrected chi connectivity index (χ0v) is 10.4. The van der Waals surface area contributed by atoms with Gasteiger partial charge in [0.15, 0.2) is 0 Å². The zero-order chi connectivity index (χ0) is 12.1. The summed E-state index contributed by atoms with van der Waals surface area (Å²) in [5.74, 6) is 0.982. The monoisotopic (exact) mass is 233 g/mol. The fraction of sp³-hybridized carbons (Fsp3) is 0.429. The molecule has 0 aliphatic rings. The molecule has 1 heterocycles. The fourth-order valence-corrected chi connectivity index (χ4v) is 1.80. The molecule has 0 aliphatic heterocycles. The lowest BCUT2D eigenvalue weighted by Gasteiger charge is -2.11. The summed E-state index contributed by atoms with van der Waals surface area (Å²) in [7, 11) is 1.73. The van der Waals surface area contributed by atoms with Gasteiger partial charge in [-0.3, -0.25) is 0 Å². The van der Waals surface area contributed by atoms with Gasteiger partial charge < -0.3 is 14.5 Å². The van der Waals surface area contributed by atoms with Crippen molar-refractivity contribution < 1.29 is 9.15 Å². The molecule has 0 spiro atoms. The molecule has 1 unspecified atom stereocenters. The Hall–Kier alpha value is -1.32. The Kier molecular flexibility index (Phi) is 4.18. The van der Waals surface area contributed by atoms with Gasteiger partial charge in [-0.2, -0.15) is 0 Å². The van der Waals surface area contributed by atoms with Gasteiger partial charge in [-0.05, 0) is 25.5 Å². The quantitative estimate of drug-likeness (QED) is 0.833. The second-order valence-electron chi connectivity index (χ2n) is 4.31. The third kappa shape index (κ3) is 3.32. The molecule has 0 aliphatic carbocycles. The van der Waals surface area contributed by atoms with Crippen molar-refractivity contribution in [1.82, 2.24) is 5.32 Å². The summed E-state index contributed by atoms with van der Waals surface area (Å²) in [6.07, 6.45) is 1.01. The first-order valence-corrected chi connectivity index (χ1v) is 5.99. The minimum absolute atomic E-state index is 0.433. The maximum Gasteiger partial charge on any atom is 0.134 e. The summed E-state index contributed by atoms with van der Waals surface area (Å²) in [5.41, 5.74) is 0.953. The topological polar surface area (TPSA) is 34.4 Å². The van der Waals surface area contributed by atoms with E-state index in [0.717, 1.165) is 36.3 Å². The number of hydrogen-bond acceptors (Lipinski definition) is 3. The van der Waals surface area contributed by atoms with Crippen LogP contribution in [0, 0.1) is 0 Å². The van der Waals surface area contributed by atoms with Gasteiger partial charge in [0.1, 0.15) is 11.3 Å². The summed E-state index contributed by atoms with van der Waals surface area (Å²) in [6, 6.07) is 10.6. The molecule has 0 saturated carbocycles. The first-order chi connectivity index (χ1) is 8.29. The Bertz CT molecular complexity index is 431. The van der Waals surface area contributed by atoms with Crippen molar-refractivity contribution >= 4 is 11.0 Å². The molecule has 92 valence electrons. The Labute approximate surface area is 102 Å². The predicted molar refractivity (Wildman–Crippen MR) is 69.0 cm³/mol. The van der Waals surface area contributed by atoms with Crippen molar-refractivity contribution in [2.75, 3.05) is 13.7 Å². The van der Waals surface area contributed by atoms with E-state index in [9.17, 15) is 0 Å². The van der Waals surface area contributed by atoms with Crippen molar-refractivity contribution in [3.8, 4) is 0 Å². The van der Waals surface area contributed by atoms with E-state index < -0.39 is 0 Å². The van der Waals surface area contributed by atoms with E-state index in [1.54, 1.807) is 7.11 Å². The van der Waals surface area contributed by atoms with Gasteiger partial charge in [-0.15, -0.1) is 0 Å². The third-order valence-corrected chi connectivity index (χ3v) is 2.86. The molecule has 1 aromatic carbocycles. The van der Waals surface area contributed by atoms with Crippen molar-refractivity contribution in [1.29, 1.82) is 0 Å². The number of ether oxygens (including phenoxy) is 1. The molecule has 0 radical (unpaired) electrons. The van der Waals surface area contributed by atoms with Crippen LogP contribution >= 0.6 is 0 Å². The van der Waals surface area contributed by atoms with Gasteiger partial charge in [-0.1, -0.05) is 18.2 Å². The highest BCUT2D eigenvalue weighted by Crippen LogP contribution is 2.18. The Morgan fingerprint density at radius 2 is 2.18 bits per heavy atom. The number of hydrogen-bond donors (Lipinski definition) is 1. The maximum atomic E-state index is 5.73. The number of furan rings is 1. The predicted octanol–water partition coefficient (Wildman–Crippen LogP) is 2.95. The van der Waals surface area contributed by atoms with E-state index in [1.165, 1.54) is 0 Å². The first-order valence-electron chi connectivity index (χ1n) is 5.99. The number of para-hydroxylation sites is 1. The molecule has 1 atom stereocenters. The van der Waals surface area contributed by atoms with Gasteiger partial charge in [0, 0.05) is 25.1 Å².